The van der Waals surface area contributed by atoms with Gasteiger partial charge in [0.25, 0.3) is 0 Å². The molecule has 0 aliphatic heterocycles. The normalized spacial score (nSPS) is 43.9. The molecule has 2 fully saturated rings. The molecule has 3 aliphatic rings. The Balaban J connectivity index is 2.05. The predicted molar refractivity (Wildman–Crippen MR) is 88.4 cm³/mol. The van der Waals surface area contributed by atoms with Gasteiger partial charge in [-0.15, -0.1) is 6.58 Å². The molecule has 3 rings (SSSR count). The van der Waals surface area contributed by atoms with E-state index in [4.69, 9.17) is 0 Å². The minimum absolute atomic E-state index is 0.0629. The van der Waals surface area contributed by atoms with Gasteiger partial charge in [-0.3, -0.25) is 9.59 Å². The van der Waals surface area contributed by atoms with E-state index < -0.39 is 5.41 Å². The Morgan fingerprint density at radius 3 is 2.50 bits per heavy atom. The average Bonchev–Trinajstić information content (AvgIpc) is 2.45. The molecule has 22 heavy (non-hydrogen) atoms. The average molecular weight is 300 g/mol. The Bertz CT molecular complexity index is 583. The summed E-state index contributed by atoms with van der Waals surface area (Å²) < 4.78 is 0. The highest BCUT2D eigenvalue weighted by Gasteiger charge is 2.58. The molecule has 0 radical (unpaired) electrons. The molecule has 0 unspecified atom stereocenters. The van der Waals surface area contributed by atoms with Crippen LogP contribution in [-0.4, -0.2) is 11.6 Å². The van der Waals surface area contributed by atoms with Crippen molar-refractivity contribution in [1.29, 1.82) is 0 Å². The van der Waals surface area contributed by atoms with E-state index in [1.807, 2.05) is 19.9 Å². The maximum atomic E-state index is 13.1. The number of allylic oxidation sites excluding steroid dienone is 3. The van der Waals surface area contributed by atoms with Crippen LogP contribution in [-0.2, 0) is 9.59 Å². The van der Waals surface area contributed by atoms with Crippen LogP contribution in [0.5, 0.6) is 0 Å². The standard InChI is InChI=1S/C20H28O2/c1-6-19(4)11-13-7-8-14-15(20(13,5)17(22)12-19)9-10-16(21)18(14,2)3/h6,8,13,15H,1,7,9-12H2,2-5H3/t13-,15+,19+,20-/m1/s1. The largest absolute Gasteiger partial charge is 0.299 e. The molecule has 4 atom stereocenters. The van der Waals surface area contributed by atoms with E-state index in [0.717, 1.165) is 19.3 Å². The molecule has 2 heteroatoms. The Kier molecular flexibility index (Phi) is 3.33. The number of carbonyl (C=O) groups is 2. The van der Waals surface area contributed by atoms with Gasteiger partial charge >= 0.3 is 0 Å². The second-order valence-corrected chi connectivity index (χ2v) is 8.68. The maximum Gasteiger partial charge on any atom is 0.142 e. The zero-order valence-corrected chi connectivity index (χ0v) is 14.4. The molecule has 0 N–H and O–H groups in total. The molecule has 0 bridgehead atoms. The van der Waals surface area contributed by atoms with E-state index in [9.17, 15) is 9.59 Å². The lowest BCUT2D eigenvalue weighted by Crippen LogP contribution is -2.55. The second-order valence-electron chi connectivity index (χ2n) is 8.68. The van der Waals surface area contributed by atoms with E-state index >= 15 is 0 Å². The van der Waals surface area contributed by atoms with Crippen molar-refractivity contribution in [2.24, 2.45) is 28.1 Å². The van der Waals surface area contributed by atoms with Crippen LogP contribution in [0.4, 0.5) is 0 Å². The monoisotopic (exact) mass is 300 g/mol. The molecule has 0 heterocycles. The topological polar surface area (TPSA) is 34.1 Å². The smallest absolute Gasteiger partial charge is 0.142 e. The van der Waals surface area contributed by atoms with E-state index in [2.05, 4.69) is 26.5 Å². The number of fused-ring (bicyclic) bond motifs is 3. The van der Waals surface area contributed by atoms with E-state index in [1.54, 1.807) is 0 Å². The van der Waals surface area contributed by atoms with Gasteiger partial charge in [0.1, 0.15) is 11.6 Å². The molecule has 0 aromatic heterocycles. The van der Waals surface area contributed by atoms with Crippen LogP contribution in [0.2, 0.25) is 0 Å². The number of hydrogen-bond donors (Lipinski definition) is 0. The van der Waals surface area contributed by atoms with Crippen LogP contribution in [0.15, 0.2) is 24.3 Å². The first-order valence-corrected chi connectivity index (χ1v) is 8.56. The lowest BCUT2D eigenvalue weighted by molar-refractivity contribution is -0.146. The molecule has 3 aliphatic carbocycles. The first-order valence-electron chi connectivity index (χ1n) is 8.56. The highest BCUT2D eigenvalue weighted by molar-refractivity contribution is 5.92. The predicted octanol–water partition coefficient (Wildman–Crippen LogP) is 4.50. The van der Waals surface area contributed by atoms with E-state index in [-0.39, 0.29) is 16.7 Å². The summed E-state index contributed by atoms with van der Waals surface area (Å²) in [6.45, 7) is 12.4. The lowest BCUT2D eigenvalue weighted by atomic mass is 9.46. The van der Waals surface area contributed by atoms with Crippen LogP contribution in [0, 0.1) is 28.1 Å². The number of ketones is 2. The molecule has 0 amide bonds. The quantitative estimate of drug-likeness (QED) is 0.668. The van der Waals surface area contributed by atoms with Crippen molar-refractivity contribution in [2.75, 3.05) is 0 Å². The highest BCUT2D eigenvalue weighted by Crippen LogP contribution is 2.61. The summed E-state index contributed by atoms with van der Waals surface area (Å²) in [6.07, 6.45) is 8.28. The molecular weight excluding hydrogens is 272 g/mol. The molecule has 2 nitrogen and oxygen atoms in total. The third kappa shape index (κ3) is 1.92. The van der Waals surface area contributed by atoms with Crippen LogP contribution < -0.4 is 0 Å². The minimum atomic E-state index is -0.392. The van der Waals surface area contributed by atoms with Gasteiger partial charge in [-0.05, 0) is 50.4 Å². The Morgan fingerprint density at radius 2 is 1.86 bits per heavy atom. The first kappa shape index (κ1) is 15.7. The Hall–Kier alpha value is -1.18. The van der Waals surface area contributed by atoms with Crippen molar-refractivity contribution < 1.29 is 9.59 Å². The number of Topliss-reactive ketones (excluding diaryl/α,β-unsaturated/α-hetero) is 2. The third-order valence-electron chi connectivity index (χ3n) is 7.02. The molecule has 0 aromatic carbocycles. The van der Waals surface area contributed by atoms with Gasteiger partial charge in [-0.1, -0.05) is 31.6 Å². The fourth-order valence-electron chi connectivity index (χ4n) is 5.22. The van der Waals surface area contributed by atoms with E-state index in [1.165, 1.54) is 5.57 Å². The van der Waals surface area contributed by atoms with Gasteiger partial charge in [0.2, 0.25) is 0 Å². The summed E-state index contributed by atoms with van der Waals surface area (Å²) >= 11 is 0. The number of carbonyl (C=O) groups excluding carboxylic acids is 2. The Labute approximate surface area is 134 Å². The number of rotatable bonds is 1. The van der Waals surface area contributed by atoms with E-state index in [0.29, 0.717) is 30.3 Å². The summed E-state index contributed by atoms with van der Waals surface area (Å²) in [5.74, 6) is 1.35. The zero-order chi connectivity index (χ0) is 16.3. The van der Waals surface area contributed by atoms with Crippen LogP contribution >= 0.6 is 0 Å². The van der Waals surface area contributed by atoms with Gasteiger partial charge in [0.15, 0.2) is 0 Å². The zero-order valence-electron chi connectivity index (χ0n) is 14.4. The molecule has 0 spiro atoms. The van der Waals surface area contributed by atoms with Gasteiger partial charge < -0.3 is 0 Å². The van der Waals surface area contributed by atoms with Crippen molar-refractivity contribution in [3.63, 3.8) is 0 Å². The van der Waals surface area contributed by atoms with Crippen molar-refractivity contribution in [2.45, 2.75) is 59.8 Å². The fraction of sp³-hybridized carbons (Fsp3) is 0.700. The summed E-state index contributed by atoms with van der Waals surface area (Å²) in [4.78, 5) is 25.4. The lowest BCUT2D eigenvalue weighted by Gasteiger charge is -2.56. The van der Waals surface area contributed by atoms with Crippen molar-refractivity contribution >= 4 is 11.6 Å². The minimum Gasteiger partial charge on any atom is -0.299 e. The Morgan fingerprint density at radius 1 is 1.18 bits per heavy atom. The highest BCUT2D eigenvalue weighted by atomic mass is 16.1. The summed E-state index contributed by atoms with van der Waals surface area (Å²) in [7, 11) is 0. The second kappa shape index (κ2) is 4.66. The molecule has 0 aromatic rings. The van der Waals surface area contributed by atoms with Crippen LogP contribution in [0.1, 0.15) is 59.8 Å². The summed E-state index contributed by atoms with van der Waals surface area (Å²) in [5.41, 5.74) is 0.492. The maximum absolute atomic E-state index is 13.1. The fourth-order valence-corrected chi connectivity index (χ4v) is 5.22. The van der Waals surface area contributed by atoms with Crippen LogP contribution in [0.25, 0.3) is 0 Å². The summed E-state index contributed by atoms with van der Waals surface area (Å²) in [5, 5.41) is 0. The van der Waals surface area contributed by atoms with Crippen molar-refractivity contribution in [3.05, 3.63) is 24.3 Å². The van der Waals surface area contributed by atoms with Crippen LogP contribution in [0.3, 0.4) is 0 Å². The third-order valence-corrected chi connectivity index (χ3v) is 7.02. The van der Waals surface area contributed by atoms with Gasteiger partial charge in [-0.25, -0.2) is 0 Å². The molecule has 0 saturated heterocycles. The van der Waals surface area contributed by atoms with Gasteiger partial charge in [-0.2, -0.15) is 0 Å². The number of hydrogen-bond acceptors (Lipinski definition) is 2. The first-order chi connectivity index (χ1) is 10.1. The summed E-state index contributed by atoms with van der Waals surface area (Å²) in [6, 6.07) is 0. The van der Waals surface area contributed by atoms with Crippen molar-refractivity contribution in [3.8, 4) is 0 Å². The van der Waals surface area contributed by atoms with Crippen molar-refractivity contribution in [1.82, 2.24) is 0 Å². The molecular formula is C20H28O2. The SMILES string of the molecule is C=C[C@]1(C)CC(=O)[C@]2(C)[C@H](CC=C3[C@@H]2CCC(=O)C3(C)C)C1. The molecule has 2 saturated carbocycles. The van der Waals surface area contributed by atoms with Gasteiger partial charge in [0, 0.05) is 23.7 Å². The molecule has 120 valence electrons. The van der Waals surface area contributed by atoms with Gasteiger partial charge in [0.05, 0.1) is 0 Å².